The van der Waals surface area contributed by atoms with Crippen molar-refractivity contribution in [2.75, 3.05) is 0 Å². The monoisotopic (exact) mass is 166 g/mol. The number of halogens is 1. The first-order chi connectivity index (χ1) is 5.65. The molecule has 0 saturated carbocycles. The third-order valence-corrected chi connectivity index (χ3v) is 1.76. The van der Waals surface area contributed by atoms with E-state index in [0.29, 0.717) is 12.7 Å². The van der Waals surface area contributed by atoms with Gasteiger partial charge in [0, 0.05) is 0 Å². The van der Waals surface area contributed by atoms with E-state index in [4.69, 9.17) is 10.0 Å². The van der Waals surface area contributed by atoms with Gasteiger partial charge in [0.25, 0.3) is 0 Å². The Bertz CT molecular complexity index is 278. The molecule has 0 unspecified atom stereocenters. The Morgan fingerprint density at radius 1 is 1.42 bits per heavy atom. The summed E-state index contributed by atoms with van der Waals surface area (Å²) in [5.41, 5.74) is 0.768. The molecule has 5 heteroatoms. The van der Waals surface area contributed by atoms with Crippen molar-refractivity contribution in [2.24, 2.45) is 0 Å². The molecule has 12 heavy (non-hydrogen) atoms. The highest BCUT2D eigenvalue weighted by atomic mass is 19.1. The van der Waals surface area contributed by atoms with Crippen molar-refractivity contribution < 1.29 is 14.4 Å². The Kier molecular flexibility index (Phi) is 2.89. The Hall–Kier alpha value is -0.800. The van der Waals surface area contributed by atoms with Crippen molar-refractivity contribution in [1.29, 1.82) is 0 Å². The Morgan fingerprint density at radius 3 is 2.50 bits per heavy atom. The molecule has 0 heterocycles. The average molecular weight is 166 g/mol. The fourth-order valence-corrected chi connectivity index (χ4v) is 1.01. The fraction of sp³-hybridized carbons (Fsp3) is 0.143. The molecule has 0 radical (unpaired) electrons. The highest BCUT2D eigenvalue weighted by Crippen LogP contribution is 1.90. The fourth-order valence-electron chi connectivity index (χ4n) is 1.01. The summed E-state index contributed by atoms with van der Waals surface area (Å²) in [4.78, 5) is 0. The van der Waals surface area contributed by atoms with Gasteiger partial charge in [-0.1, -0.05) is 19.0 Å². The molecule has 2 N–H and O–H groups in total. The maximum atomic E-state index is 13.0. The lowest BCUT2D eigenvalue weighted by Crippen LogP contribution is -2.32. The minimum atomic E-state index is -1.59. The minimum absolute atomic E-state index is 0.185. The first kappa shape index (κ1) is 9.29. The largest absolute Gasteiger partial charge is 0.488 e. The van der Waals surface area contributed by atoms with Gasteiger partial charge in [0.1, 0.15) is 5.82 Å². The van der Waals surface area contributed by atoms with E-state index in [-0.39, 0.29) is 11.3 Å². The highest BCUT2D eigenvalue weighted by Gasteiger charge is 2.12. The van der Waals surface area contributed by atoms with Crippen molar-refractivity contribution in [2.45, 2.75) is 6.82 Å². The van der Waals surface area contributed by atoms with Gasteiger partial charge in [0.15, 0.2) is 7.28 Å². The lowest BCUT2D eigenvalue weighted by Gasteiger charge is -2.02. The van der Waals surface area contributed by atoms with Crippen LogP contribution in [-0.4, -0.2) is 24.4 Å². The van der Waals surface area contributed by atoms with Crippen LogP contribution >= 0.6 is 0 Å². The quantitative estimate of drug-likeness (QED) is 0.531. The molecule has 62 valence electrons. The molecule has 0 bridgehead atoms. The summed E-state index contributed by atoms with van der Waals surface area (Å²) in [5, 5.41) is 17.4. The highest BCUT2D eigenvalue weighted by molar-refractivity contribution is 6.59. The first-order valence-electron chi connectivity index (χ1n) is 3.79. The van der Waals surface area contributed by atoms with Crippen molar-refractivity contribution in [3.05, 3.63) is 24.0 Å². The zero-order valence-corrected chi connectivity index (χ0v) is 6.79. The van der Waals surface area contributed by atoms with Crippen LogP contribution in [0, 0.1) is 5.82 Å². The molecule has 0 atom stereocenters. The molecule has 2 nitrogen and oxygen atoms in total. The average Bonchev–Trinajstić information content (AvgIpc) is 2.04. The Morgan fingerprint density at radius 2 is 2.08 bits per heavy atom. The normalized spacial score (nSPS) is 9.67. The maximum Gasteiger partial charge on any atom is 0.488 e. The molecular formula is C7H9B2FO2. The van der Waals surface area contributed by atoms with Gasteiger partial charge in [-0.3, -0.25) is 0 Å². The summed E-state index contributed by atoms with van der Waals surface area (Å²) >= 11 is 0. The maximum absolute atomic E-state index is 13.0. The zero-order valence-electron chi connectivity index (χ0n) is 6.79. The number of rotatable bonds is 2. The molecule has 0 aromatic heterocycles. The van der Waals surface area contributed by atoms with E-state index in [0.717, 1.165) is 6.07 Å². The number of hydrogen-bond acceptors (Lipinski definition) is 2. The van der Waals surface area contributed by atoms with Gasteiger partial charge in [-0.25, -0.2) is 4.39 Å². The van der Waals surface area contributed by atoms with Gasteiger partial charge in [-0.2, -0.15) is 0 Å². The van der Waals surface area contributed by atoms with Crippen molar-refractivity contribution in [3.8, 4) is 0 Å². The zero-order chi connectivity index (χ0) is 9.14. The molecule has 1 aromatic carbocycles. The number of benzene rings is 1. The minimum Gasteiger partial charge on any atom is -0.423 e. The molecule has 0 fully saturated rings. The van der Waals surface area contributed by atoms with Gasteiger partial charge < -0.3 is 10.0 Å². The third-order valence-electron chi connectivity index (χ3n) is 1.76. The van der Waals surface area contributed by atoms with Crippen LogP contribution in [0.25, 0.3) is 0 Å². The molecular weight excluding hydrogens is 157 g/mol. The number of hydrogen-bond donors (Lipinski definition) is 2. The summed E-state index contributed by atoms with van der Waals surface area (Å²) < 4.78 is 13.0. The van der Waals surface area contributed by atoms with E-state index in [2.05, 4.69) is 0 Å². The predicted octanol–water partition coefficient (Wildman–Crippen LogP) is -1.38. The van der Waals surface area contributed by atoms with Crippen LogP contribution in [-0.2, 0) is 0 Å². The molecule has 0 aliphatic heterocycles. The molecule has 0 aliphatic carbocycles. The smallest absolute Gasteiger partial charge is 0.423 e. The standard InChI is InChI=1S/C7H9B2FO2/c1-8-6-3-2-5(9(11)12)4-7(6)10/h2-4,8,11-12H,1H3. The summed E-state index contributed by atoms with van der Waals surface area (Å²) in [6.45, 7) is 1.84. The first-order valence-corrected chi connectivity index (χ1v) is 3.79. The summed E-state index contributed by atoms with van der Waals surface area (Å²) in [5.74, 6) is -0.386. The SMILES string of the molecule is CBc1ccc(B(O)O)cc1F. The second-order valence-electron chi connectivity index (χ2n) is 2.58. The van der Waals surface area contributed by atoms with Gasteiger partial charge >= 0.3 is 7.12 Å². The molecule has 0 saturated heterocycles. The van der Waals surface area contributed by atoms with E-state index < -0.39 is 7.12 Å². The topological polar surface area (TPSA) is 40.5 Å². The molecule has 1 rings (SSSR count). The summed E-state index contributed by atoms with van der Waals surface area (Å²) in [7, 11) is -0.987. The second kappa shape index (κ2) is 3.74. The van der Waals surface area contributed by atoms with Crippen LogP contribution in [0.15, 0.2) is 18.2 Å². The lowest BCUT2D eigenvalue weighted by atomic mass is 9.70. The van der Waals surface area contributed by atoms with Crippen LogP contribution < -0.4 is 10.9 Å². The molecule has 1 aromatic rings. The molecule has 0 spiro atoms. The Balaban J connectivity index is 3.02. The summed E-state index contributed by atoms with van der Waals surface area (Å²) in [6, 6.07) is 4.21. The second-order valence-corrected chi connectivity index (χ2v) is 2.58. The van der Waals surface area contributed by atoms with Gasteiger partial charge in [0.2, 0.25) is 0 Å². The molecule has 0 amide bonds. The van der Waals surface area contributed by atoms with Gasteiger partial charge in [0.05, 0.1) is 0 Å². The molecule has 0 aliphatic rings. The predicted molar refractivity (Wildman–Crippen MR) is 48.9 cm³/mol. The van der Waals surface area contributed by atoms with Crippen LogP contribution in [0.3, 0.4) is 0 Å². The van der Waals surface area contributed by atoms with E-state index in [1.807, 2.05) is 6.82 Å². The van der Waals surface area contributed by atoms with E-state index in [1.165, 1.54) is 6.07 Å². The van der Waals surface area contributed by atoms with Crippen LogP contribution in [0.4, 0.5) is 4.39 Å². The summed E-state index contributed by atoms with van der Waals surface area (Å²) in [6.07, 6.45) is 0. The lowest BCUT2D eigenvalue weighted by molar-refractivity contribution is 0.425. The van der Waals surface area contributed by atoms with E-state index in [9.17, 15) is 4.39 Å². The van der Waals surface area contributed by atoms with Crippen molar-refractivity contribution in [1.82, 2.24) is 0 Å². The van der Waals surface area contributed by atoms with E-state index in [1.54, 1.807) is 6.07 Å². The van der Waals surface area contributed by atoms with Crippen molar-refractivity contribution in [3.63, 3.8) is 0 Å². The van der Waals surface area contributed by atoms with Crippen molar-refractivity contribution >= 4 is 25.3 Å². The van der Waals surface area contributed by atoms with Crippen LogP contribution in [0.2, 0.25) is 6.82 Å². The Labute approximate surface area is 71.4 Å². The van der Waals surface area contributed by atoms with Crippen LogP contribution in [0.1, 0.15) is 0 Å². The van der Waals surface area contributed by atoms with Gasteiger partial charge in [-0.05, 0) is 17.0 Å². The van der Waals surface area contributed by atoms with E-state index >= 15 is 0 Å². The van der Waals surface area contributed by atoms with Crippen LogP contribution in [0.5, 0.6) is 0 Å². The third kappa shape index (κ3) is 1.87. The van der Waals surface area contributed by atoms with Gasteiger partial charge in [-0.15, -0.1) is 0 Å².